The van der Waals surface area contributed by atoms with Crippen LogP contribution in [0.4, 0.5) is 0 Å². The summed E-state index contributed by atoms with van der Waals surface area (Å²) in [5.74, 6) is -0.453. The monoisotopic (exact) mass is 383 g/mol. The molecule has 0 radical (unpaired) electrons. The van der Waals surface area contributed by atoms with E-state index in [4.69, 9.17) is 4.74 Å². The van der Waals surface area contributed by atoms with Gasteiger partial charge in [0.25, 0.3) is 5.91 Å². The van der Waals surface area contributed by atoms with E-state index in [9.17, 15) is 9.59 Å². The fourth-order valence-electron chi connectivity index (χ4n) is 3.15. The number of aryl methyl sites for hydroxylation is 1. The number of benzene rings is 1. The molecule has 7 heteroatoms. The Bertz CT molecular complexity index is 988. The Balaban J connectivity index is 2.09. The number of esters is 1. The molecule has 1 aromatic heterocycles. The van der Waals surface area contributed by atoms with Crippen LogP contribution in [-0.2, 0) is 9.53 Å². The average molecular weight is 383 g/mol. The third kappa shape index (κ3) is 3.30. The molecule has 140 valence electrons. The minimum atomic E-state index is -0.384. The second kappa shape index (κ2) is 7.44. The summed E-state index contributed by atoms with van der Waals surface area (Å²) < 4.78 is 6.91. The van der Waals surface area contributed by atoms with Gasteiger partial charge in [-0.05, 0) is 55.4 Å². The van der Waals surface area contributed by atoms with E-state index < -0.39 is 0 Å². The highest BCUT2D eigenvalue weighted by Gasteiger charge is 2.30. The number of likely N-dealkylation sites (N-methyl/N-ethyl adjacent to an activating group) is 1. The van der Waals surface area contributed by atoms with E-state index >= 15 is 0 Å². The predicted molar refractivity (Wildman–Crippen MR) is 108 cm³/mol. The molecule has 1 amide bonds. The SMILES string of the molecule is CN=C1S/C(=C/c2cc(C)n(-c3ccccc3C(=O)OC)c2C)C(=O)N1C. The van der Waals surface area contributed by atoms with Gasteiger partial charge in [-0.3, -0.25) is 14.7 Å². The number of rotatable bonds is 3. The van der Waals surface area contributed by atoms with Crippen LogP contribution in [0.15, 0.2) is 40.2 Å². The number of hydrogen-bond donors (Lipinski definition) is 0. The Kier molecular flexibility index (Phi) is 5.23. The molecule has 6 nitrogen and oxygen atoms in total. The summed E-state index contributed by atoms with van der Waals surface area (Å²) in [5.41, 5.74) is 4.07. The molecule has 0 atom stereocenters. The van der Waals surface area contributed by atoms with Crippen LogP contribution < -0.4 is 0 Å². The molecular formula is C20H21N3O3S. The largest absolute Gasteiger partial charge is 0.465 e. The van der Waals surface area contributed by atoms with Crippen LogP contribution >= 0.6 is 11.8 Å². The number of carbonyl (C=O) groups excluding carboxylic acids is 2. The summed E-state index contributed by atoms with van der Waals surface area (Å²) >= 11 is 1.36. The van der Waals surface area contributed by atoms with Gasteiger partial charge in [0, 0.05) is 25.5 Å². The van der Waals surface area contributed by atoms with E-state index in [1.165, 1.54) is 18.9 Å². The normalized spacial score (nSPS) is 17.2. The zero-order valence-electron chi connectivity index (χ0n) is 15.9. The van der Waals surface area contributed by atoms with Crippen LogP contribution in [0.25, 0.3) is 11.8 Å². The second-order valence-electron chi connectivity index (χ2n) is 6.15. The predicted octanol–water partition coefficient (Wildman–Crippen LogP) is 3.41. The van der Waals surface area contributed by atoms with Crippen molar-refractivity contribution in [3.63, 3.8) is 0 Å². The minimum Gasteiger partial charge on any atom is -0.465 e. The van der Waals surface area contributed by atoms with Crippen LogP contribution in [0, 0.1) is 13.8 Å². The summed E-state index contributed by atoms with van der Waals surface area (Å²) in [7, 11) is 4.76. The van der Waals surface area contributed by atoms with Gasteiger partial charge in [-0.2, -0.15) is 0 Å². The Morgan fingerprint density at radius 2 is 1.96 bits per heavy atom. The van der Waals surface area contributed by atoms with Crippen molar-refractivity contribution in [3.8, 4) is 5.69 Å². The van der Waals surface area contributed by atoms with E-state index in [0.717, 1.165) is 22.6 Å². The third-order valence-electron chi connectivity index (χ3n) is 4.50. The fraction of sp³-hybridized carbons (Fsp3) is 0.250. The lowest BCUT2D eigenvalue weighted by Crippen LogP contribution is -2.23. The summed E-state index contributed by atoms with van der Waals surface area (Å²) in [6.45, 7) is 3.94. The maximum Gasteiger partial charge on any atom is 0.339 e. The van der Waals surface area contributed by atoms with Gasteiger partial charge in [-0.25, -0.2) is 4.79 Å². The molecule has 1 aliphatic rings. The van der Waals surface area contributed by atoms with Crippen molar-refractivity contribution >= 4 is 34.9 Å². The van der Waals surface area contributed by atoms with Crippen molar-refractivity contribution in [1.82, 2.24) is 9.47 Å². The molecule has 0 saturated carbocycles. The van der Waals surface area contributed by atoms with Crippen molar-refractivity contribution in [3.05, 3.63) is 57.8 Å². The van der Waals surface area contributed by atoms with Gasteiger partial charge in [-0.15, -0.1) is 0 Å². The Hall–Kier alpha value is -2.80. The first-order valence-corrected chi connectivity index (χ1v) is 9.21. The zero-order chi connectivity index (χ0) is 19.7. The number of para-hydroxylation sites is 1. The number of thioether (sulfide) groups is 1. The van der Waals surface area contributed by atoms with Gasteiger partial charge in [0.1, 0.15) is 0 Å². The number of aromatic nitrogens is 1. The molecule has 1 saturated heterocycles. The van der Waals surface area contributed by atoms with Gasteiger partial charge in [-0.1, -0.05) is 12.1 Å². The lowest BCUT2D eigenvalue weighted by atomic mass is 10.1. The number of amides is 1. The number of aliphatic imine (C=N–C) groups is 1. The first kappa shape index (κ1) is 19.0. The van der Waals surface area contributed by atoms with Crippen LogP contribution in [0.3, 0.4) is 0 Å². The molecule has 1 aromatic carbocycles. The fourth-order valence-corrected chi connectivity index (χ4v) is 4.06. The number of nitrogens with zero attached hydrogens (tertiary/aromatic N) is 3. The van der Waals surface area contributed by atoms with Crippen LogP contribution in [0.2, 0.25) is 0 Å². The summed E-state index contributed by atoms with van der Waals surface area (Å²) in [5, 5.41) is 0.677. The number of ether oxygens (including phenoxy) is 1. The van der Waals surface area contributed by atoms with Crippen molar-refractivity contribution in [2.45, 2.75) is 13.8 Å². The molecule has 0 bridgehead atoms. The van der Waals surface area contributed by atoms with Crippen molar-refractivity contribution in [1.29, 1.82) is 0 Å². The molecule has 0 spiro atoms. The Morgan fingerprint density at radius 1 is 1.26 bits per heavy atom. The van der Waals surface area contributed by atoms with Crippen molar-refractivity contribution < 1.29 is 14.3 Å². The molecule has 3 rings (SSSR count). The number of amidine groups is 1. The van der Waals surface area contributed by atoms with Crippen molar-refractivity contribution in [2.24, 2.45) is 4.99 Å². The maximum absolute atomic E-state index is 12.4. The van der Waals surface area contributed by atoms with Crippen LogP contribution in [-0.4, -0.2) is 47.7 Å². The number of hydrogen-bond acceptors (Lipinski definition) is 5. The first-order chi connectivity index (χ1) is 12.9. The molecule has 1 aliphatic heterocycles. The lowest BCUT2D eigenvalue weighted by molar-refractivity contribution is -0.121. The highest BCUT2D eigenvalue weighted by atomic mass is 32.2. The van der Waals surface area contributed by atoms with Gasteiger partial charge in [0.05, 0.1) is 23.3 Å². The Morgan fingerprint density at radius 3 is 2.59 bits per heavy atom. The van der Waals surface area contributed by atoms with Crippen LogP contribution in [0.5, 0.6) is 0 Å². The second-order valence-corrected chi connectivity index (χ2v) is 7.16. The highest BCUT2D eigenvalue weighted by Crippen LogP contribution is 2.33. The Labute approximate surface area is 162 Å². The van der Waals surface area contributed by atoms with E-state index in [2.05, 4.69) is 4.99 Å². The number of carbonyl (C=O) groups is 2. The first-order valence-electron chi connectivity index (χ1n) is 8.40. The molecular weight excluding hydrogens is 362 g/mol. The molecule has 0 N–H and O–H groups in total. The smallest absolute Gasteiger partial charge is 0.339 e. The van der Waals surface area contributed by atoms with Crippen LogP contribution in [0.1, 0.15) is 27.3 Å². The molecule has 2 heterocycles. The summed E-state index contributed by atoms with van der Waals surface area (Å²) in [6, 6.07) is 9.32. The zero-order valence-corrected chi connectivity index (χ0v) is 16.8. The maximum atomic E-state index is 12.4. The summed E-state index contributed by atoms with van der Waals surface area (Å²) in [6.07, 6.45) is 1.88. The van der Waals surface area contributed by atoms with E-state index in [1.54, 1.807) is 25.1 Å². The molecule has 27 heavy (non-hydrogen) atoms. The average Bonchev–Trinajstić information content (AvgIpc) is 3.10. The van der Waals surface area contributed by atoms with Gasteiger partial charge >= 0.3 is 5.97 Å². The lowest BCUT2D eigenvalue weighted by Gasteiger charge is -2.13. The third-order valence-corrected chi connectivity index (χ3v) is 5.65. The molecule has 0 unspecified atom stereocenters. The quantitative estimate of drug-likeness (QED) is 0.602. The van der Waals surface area contributed by atoms with E-state index in [0.29, 0.717) is 15.6 Å². The summed E-state index contributed by atoms with van der Waals surface area (Å²) in [4.78, 5) is 30.9. The molecule has 2 aromatic rings. The van der Waals surface area contributed by atoms with Crippen molar-refractivity contribution in [2.75, 3.05) is 21.2 Å². The minimum absolute atomic E-state index is 0.0691. The molecule has 1 fully saturated rings. The van der Waals surface area contributed by atoms with Gasteiger partial charge in [0.15, 0.2) is 5.17 Å². The van der Waals surface area contributed by atoms with E-state index in [1.807, 2.05) is 48.8 Å². The topological polar surface area (TPSA) is 63.9 Å². The van der Waals surface area contributed by atoms with Gasteiger partial charge < -0.3 is 9.30 Å². The number of methoxy groups -OCH3 is 1. The van der Waals surface area contributed by atoms with Gasteiger partial charge in [0.2, 0.25) is 0 Å². The highest BCUT2D eigenvalue weighted by molar-refractivity contribution is 8.18. The standard InChI is InChI=1S/C20H21N3O3S/c1-12-10-14(11-17-18(24)22(4)20(21-3)27-17)13(2)23(12)16-9-7-6-8-15(16)19(25)26-5/h6-11H,1-5H3/b17-11+,21-20?. The van der Waals surface area contributed by atoms with E-state index in [-0.39, 0.29) is 11.9 Å². The molecule has 0 aliphatic carbocycles.